The van der Waals surface area contributed by atoms with Crippen molar-refractivity contribution in [3.63, 3.8) is 0 Å². The van der Waals surface area contributed by atoms with Gasteiger partial charge in [-0.2, -0.15) is 0 Å². The quantitative estimate of drug-likeness (QED) is 0.777. The van der Waals surface area contributed by atoms with E-state index < -0.39 is 31.0 Å². The van der Waals surface area contributed by atoms with Crippen LogP contribution in [0.4, 0.5) is 0 Å². The molecule has 0 radical (unpaired) electrons. The van der Waals surface area contributed by atoms with Crippen LogP contribution in [-0.2, 0) is 24.4 Å². The molecule has 2 atom stereocenters. The van der Waals surface area contributed by atoms with Gasteiger partial charge in [-0.15, -0.1) is 0 Å². The highest BCUT2D eigenvalue weighted by Gasteiger charge is 2.40. The van der Waals surface area contributed by atoms with Gasteiger partial charge in [0.1, 0.15) is 11.4 Å². The van der Waals surface area contributed by atoms with Gasteiger partial charge in [-0.25, -0.2) is 16.8 Å². The van der Waals surface area contributed by atoms with Gasteiger partial charge in [0.05, 0.1) is 23.5 Å². The number of allylic oxidation sites excluding steroid dienone is 1. The van der Waals surface area contributed by atoms with Gasteiger partial charge in [-0.3, -0.25) is 0 Å². The van der Waals surface area contributed by atoms with E-state index in [1.54, 1.807) is 6.92 Å². The van der Waals surface area contributed by atoms with E-state index in [0.717, 1.165) is 11.1 Å². The van der Waals surface area contributed by atoms with Gasteiger partial charge in [-0.1, -0.05) is 30.3 Å². The lowest BCUT2D eigenvalue weighted by Crippen LogP contribution is -2.46. The van der Waals surface area contributed by atoms with Gasteiger partial charge < -0.3 is 4.74 Å². The molecule has 0 saturated carbocycles. The number of ether oxygens (including phenoxy) is 1. The van der Waals surface area contributed by atoms with Crippen LogP contribution in [0.5, 0.6) is 0 Å². The molecule has 5 nitrogen and oxygen atoms in total. The molecule has 0 spiro atoms. The third-order valence-electron chi connectivity index (χ3n) is 3.77. The summed E-state index contributed by atoms with van der Waals surface area (Å²) in [4.78, 5) is 0. The van der Waals surface area contributed by atoms with Crippen LogP contribution in [0.3, 0.4) is 0 Å². The fourth-order valence-electron chi connectivity index (χ4n) is 2.33. The molecule has 1 heterocycles. The van der Waals surface area contributed by atoms with Crippen LogP contribution in [0, 0.1) is 0 Å². The average Bonchev–Trinajstić information content (AvgIpc) is 2.48. The molecule has 1 aliphatic heterocycles. The summed E-state index contributed by atoms with van der Waals surface area (Å²) in [6, 6.07) is 9.53. The van der Waals surface area contributed by atoms with Crippen LogP contribution in [-0.4, -0.2) is 45.4 Å². The number of hydrogen-bond acceptors (Lipinski definition) is 5. The largest absolute Gasteiger partial charge is 0.497 e. The Kier molecular flexibility index (Phi) is 4.97. The Morgan fingerprint density at radius 1 is 1.18 bits per heavy atom. The van der Waals surface area contributed by atoms with E-state index in [1.807, 2.05) is 37.3 Å². The summed E-state index contributed by atoms with van der Waals surface area (Å²) >= 11 is 0. The van der Waals surface area contributed by atoms with E-state index in [4.69, 9.17) is 4.74 Å². The van der Waals surface area contributed by atoms with E-state index in [-0.39, 0.29) is 17.3 Å². The SMILES string of the molecule is C/C(=C/OC(C)C1CS(=O)(=O)CCS1(=O)=O)c1ccccc1. The van der Waals surface area contributed by atoms with Crippen molar-refractivity contribution in [3.8, 4) is 0 Å². The van der Waals surface area contributed by atoms with Crippen LogP contribution in [0.1, 0.15) is 19.4 Å². The Hall–Kier alpha value is -1.34. The average molecular weight is 344 g/mol. The predicted octanol–water partition coefficient (Wildman–Crippen LogP) is 1.66. The minimum Gasteiger partial charge on any atom is -0.497 e. The zero-order valence-corrected chi connectivity index (χ0v) is 14.2. The molecule has 0 amide bonds. The molecule has 22 heavy (non-hydrogen) atoms. The van der Waals surface area contributed by atoms with E-state index >= 15 is 0 Å². The maximum absolute atomic E-state index is 12.1. The Labute approximate surface area is 131 Å². The second-order valence-electron chi connectivity index (χ2n) is 5.53. The number of sulfone groups is 2. The molecule has 1 aromatic carbocycles. The number of hydrogen-bond donors (Lipinski definition) is 0. The Balaban J connectivity index is 2.12. The lowest BCUT2D eigenvalue weighted by molar-refractivity contribution is 0.161. The first kappa shape index (κ1) is 17.0. The van der Waals surface area contributed by atoms with Crippen LogP contribution >= 0.6 is 0 Å². The Morgan fingerprint density at radius 2 is 1.82 bits per heavy atom. The summed E-state index contributed by atoms with van der Waals surface area (Å²) < 4.78 is 53.0. The first-order chi connectivity index (χ1) is 10.2. The zero-order valence-electron chi connectivity index (χ0n) is 12.6. The van der Waals surface area contributed by atoms with E-state index in [1.165, 1.54) is 6.26 Å². The first-order valence-corrected chi connectivity index (χ1v) is 10.5. The smallest absolute Gasteiger partial charge is 0.158 e. The minimum absolute atomic E-state index is 0.294. The molecule has 1 fully saturated rings. The Bertz CT molecular complexity index is 748. The lowest BCUT2D eigenvalue weighted by Gasteiger charge is -2.27. The van der Waals surface area contributed by atoms with Crippen molar-refractivity contribution in [1.29, 1.82) is 0 Å². The fourth-order valence-corrected chi connectivity index (χ4v) is 7.61. The second-order valence-corrected chi connectivity index (χ2v) is 10.1. The maximum Gasteiger partial charge on any atom is 0.158 e. The van der Waals surface area contributed by atoms with Crippen molar-refractivity contribution in [2.45, 2.75) is 25.2 Å². The van der Waals surface area contributed by atoms with E-state index in [2.05, 4.69) is 0 Å². The molecule has 1 aromatic rings. The second kappa shape index (κ2) is 6.42. The van der Waals surface area contributed by atoms with Gasteiger partial charge in [0.2, 0.25) is 0 Å². The van der Waals surface area contributed by atoms with Crippen LogP contribution in [0.2, 0.25) is 0 Å². The molecule has 1 aliphatic rings. The molecule has 0 aliphatic carbocycles. The van der Waals surface area contributed by atoms with Crippen LogP contribution in [0.25, 0.3) is 5.57 Å². The van der Waals surface area contributed by atoms with Crippen molar-refractivity contribution < 1.29 is 21.6 Å². The summed E-state index contributed by atoms with van der Waals surface area (Å²) in [5.41, 5.74) is 1.82. The molecule has 2 unspecified atom stereocenters. The fraction of sp³-hybridized carbons (Fsp3) is 0.467. The highest BCUT2D eigenvalue weighted by molar-refractivity contribution is 7.98. The summed E-state index contributed by atoms with van der Waals surface area (Å²) in [5.74, 6) is -0.985. The number of benzene rings is 1. The minimum atomic E-state index is -3.44. The van der Waals surface area contributed by atoms with E-state index in [0.29, 0.717) is 0 Å². The van der Waals surface area contributed by atoms with Crippen LogP contribution < -0.4 is 0 Å². The summed E-state index contributed by atoms with van der Waals surface area (Å²) in [6.07, 6.45) is 0.787. The van der Waals surface area contributed by atoms with Crippen molar-refractivity contribution in [1.82, 2.24) is 0 Å². The summed E-state index contributed by atoms with van der Waals surface area (Å²) in [7, 11) is -6.76. The van der Waals surface area contributed by atoms with Gasteiger partial charge in [0, 0.05) is 0 Å². The van der Waals surface area contributed by atoms with Crippen molar-refractivity contribution in [3.05, 3.63) is 42.2 Å². The van der Waals surface area contributed by atoms with Crippen LogP contribution in [0.15, 0.2) is 36.6 Å². The monoisotopic (exact) mass is 344 g/mol. The normalized spacial score (nSPS) is 25.4. The maximum atomic E-state index is 12.1. The molecule has 0 bridgehead atoms. The molecule has 2 rings (SSSR count). The molecule has 7 heteroatoms. The van der Waals surface area contributed by atoms with Crippen molar-refractivity contribution in [2.24, 2.45) is 0 Å². The van der Waals surface area contributed by atoms with Gasteiger partial charge >= 0.3 is 0 Å². The number of rotatable bonds is 4. The zero-order chi connectivity index (χ0) is 16.4. The Morgan fingerprint density at radius 3 is 2.45 bits per heavy atom. The predicted molar refractivity (Wildman–Crippen MR) is 86.9 cm³/mol. The van der Waals surface area contributed by atoms with E-state index in [9.17, 15) is 16.8 Å². The molecular weight excluding hydrogens is 324 g/mol. The molecule has 1 saturated heterocycles. The highest BCUT2D eigenvalue weighted by atomic mass is 32.2. The lowest BCUT2D eigenvalue weighted by atomic mass is 10.1. The van der Waals surface area contributed by atoms with Gasteiger partial charge in [-0.05, 0) is 25.0 Å². The first-order valence-electron chi connectivity index (χ1n) is 7.01. The highest BCUT2D eigenvalue weighted by Crippen LogP contribution is 2.21. The van der Waals surface area contributed by atoms with Gasteiger partial charge in [0.15, 0.2) is 19.7 Å². The standard InChI is InChI=1S/C15H20O5S2/c1-12(14-6-4-3-5-7-14)10-20-13(2)15-11-21(16,17)8-9-22(15,18)19/h3-7,10,13,15H,8-9,11H2,1-2H3/b12-10-. The molecular formula is C15H20O5S2. The molecule has 122 valence electrons. The third-order valence-corrected chi connectivity index (χ3v) is 8.18. The van der Waals surface area contributed by atoms with Crippen molar-refractivity contribution >= 4 is 25.2 Å². The molecule has 0 aromatic heterocycles. The van der Waals surface area contributed by atoms with Crippen molar-refractivity contribution in [2.75, 3.05) is 17.3 Å². The summed E-state index contributed by atoms with van der Waals surface area (Å²) in [5, 5.41) is -1.01. The summed E-state index contributed by atoms with van der Waals surface area (Å²) in [6.45, 7) is 3.45. The van der Waals surface area contributed by atoms with Gasteiger partial charge in [0.25, 0.3) is 0 Å². The topological polar surface area (TPSA) is 77.5 Å². The molecule has 0 N–H and O–H groups in total. The third kappa shape index (κ3) is 4.10.